The van der Waals surface area contributed by atoms with Gasteiger partial charge in [-0.1, -0.05) is 23.9 Å². The number of nitrogens with one attached hydrogen (secondary N) is 2. The van der Waals surface area contributed by atoms with E-state index in [4.69, 9.17) is 4.74 Å². The van der Waals surface area contributed by atoms with Gasteiger partial charge in [-0.3, -0.25) is 9.59 Å². The maximum atomic E-state index is 13.8. The summed E-state index contributed by atoms with van der Waals surface area (Å²) in [7, 11) is 0. The number of nitrogens with zero attached hydrogens (tertiary/aromatic N) is 1. The van der Waals surface area contributed by atoms with Gasteiger partial charge in [0, 0.05) is 18.8 Å². The minimum atomic E-state index is -0.565. The molecule has 156 valence electrons. The number of halogens is 1. The molecule has 3 aromatic rings. The second kappa shape index (κ2) is 9.55. The third kappa shape index (κ3) is 5.16. The van der Waals surface area contributed by atoms with Crippen LogP contribution in [0.1, 0.15) is 23.2 Å². The lowest BCUT2D eigenvalue weighted by atomic mass is 10.2. The van der Waals surface area contributed by atoms with Gasteiger partial charge in [-0.15, -0.1) is 11.3 Å². The first-order valence-corrected chi connectivity index (χ1v) is 11.4. The molecular weight excluding hydrogens is 425 g/mol. The third-order valence-electron chi connectivity index (χ3n) is 4.62. The highest BCUT2D eigenvalue weighted by Gasteiger charge is 2.17. The summed E-state index contributed by atoms with van der Waals surface area (Å²) in [5.41, 5.74) is 1.34. The second-order valence-electron chi connectivity index (χ2n) is 6.82. The van der Waals surface area contributed by atoms with E-state index in [1.165, 1.54) is 41.3 Å². The van der Waals surface area contributed by atoms with Crippen LogP contribution in [0.3, 0.4) is 0 Å². The highest BCUT2D eigenvalue weighted by atomic mass is 32.2. The molecule has 1 aliphatic rings. The molecule has 2 heterocycles. The van der Waals surface area contributed by atoms with Crippen LogP contribution in [0.2, 0.25) is 0 Å². The van der Waals surface area contributed by atoms with Crippen molar-refractivity contribution >= 4 is 50.8 Å². The lowest BCUT2D eigenvalue weighted by Gasteiger charge is -2.09. The summed E-state index contributed by atoms with van der Waals surface area (Å²) in [4.78, 5) is 28.8. The van der Waals surface area contributed by atoms with E-state index in [0.717, 1.165) is 34.0 Å². The van der Waals surface area contributed by atoms with Gasteiger partial charge in [-0.2, -0.15) is 0 Å². The van der Waals surface area contributed by atoms with E-state index in [1.807, 2.05) is 0 Å². The zero-order valence-electron chi connectivity index (χ0n) is 16.0. The smallest absolute Gasteiger partial charge is 0.258 e. The summed E-state index contributed by atoms with van der Waals surface area (Å²) >= 11 is 2.82. The first-order valence-electron chi connectivity index (χ1n) is 9.56. The molecule has 0 unspecified atom stereocenters. The largest absolute Gasteiger partial charge is 0.376 e. The lowest BCUT2D eigenvalue weighted by molar-refractivity contribution is -0.119. The lowest BCUT2D eigenvalue weighted by Crippen LogP contribution is -2.32. The number of thioether (sulfide) groups is 1. The highest BCUT2D eigenvalue weighted by molar-refractivity contribution is 8.01. The van der Waals surface area contributed by atoms with Crippen LogP contribution in [0.5, 0.6) is 0 Å². The summed E-state index contributed by atoms with van der Waals surface area (Å²) in [6, 6.07) is 11.2. The summed E-state index contributed by atoms with van der Waals surface area (Å²) in [6.07, 6.45) is 2.16. The Balaban J connectivity index is 1.34. The molecule has 2 amide bonds. The van der Waals surface area contributed by atoms with Crippen molar-refractivity contribution in [3.63, 3.8) is 0 Å². The topological polar surface area (TPSA) is 80.3 Å². The number of hydrogen-bond acceptors (Lipinski definition) is 6. The fourth-order valence-corrected chi connectivity index (χ4v) is 5.04. The van der Waals surface area contributed by atoms with Crippen LogP contribution in [0.25, 0.3) is 10.2 Å². The number of carbonyl (C=O) groups is 2. The molecule has 1 aromatic heterocycles. The Morgan fingerprint density at radius 1 is 1.27 bits per heavy atom. The quantitative estimate of drug-likeness (QED) is 0.536. The number of carbonyl (C=O) groups excluding carboxylic acids is 2. The standard InChI is InChI=1S/C21H20FN3O3S2/c22-16-6-2-1-5-15(16)20(27)24-13-7-8-17-18(10-13)30-21(25-17)29-12-19(26)23-11-14-4-3-9-28-14/h1-2,5-8,10,14H,3-4,9,11-12H2,(H,23,26)(H,24,27)/t14-/m0/s1. The van der Waals surface area contributed by atoms with Crippen molar-refractivity contribution < 1.29 is 18.7 Å². The van der Waals surface area contributed by atoms with Gasteiger partial charge in [-0.05, 0) is 43.2 Å². The summed E-state index contributed by atoms with van der Waals surface area (Å²) in [5, 5.41) is 5.60. The van der Waals surface area contributed by atoms with Crippen LogP contribution in [-0.2, 0) is 9.53 Å². The van der Waals surface area contributed by atoms with E-state index >= 15 is 0 Å². The molecule has 0 aliphatic carbocycles. The van der Waals surface area contributed by atoms with Gasteiger partial charge < -0.3 is 15.4 Å². The van der Waals surface area contributed by atoms with Crippen LogP contribution in [0, 0.1) is 5.82 Å². The Morgan fingerprint density at radius 3 is 2.93 bits per heavy atom. The number of benzene rings is 2. The average molecular weight is 446 g/mol. The number of rotatable bonds is 7. The van der Waals surface area contributed by atoms with E-state index in [0.29, 0.717) is 12.2 Å². The normalized spacial score (nSPS) is 16.0. The van der Waals surface area contributed by atoms with Crippen molar-refractivity contribution in [2.24, 2.45) is 0 Å². The van der Waals surface area contributed by atoms with E-state index in [2.05, 4.69) is 15.6 Å². The molecule has 2 aromatic carbocycles. The molecule has 4 rings (SSSR count). The third-order valence-corrected chi connectivity index (χ3v) is 6.78. The number of ether oxygens (including phenoxy) is 1. The van der Waals surface area contributed by atoms with Crippen molar-refractivity contribution in [2.75, 3.05) is 24.2 Å². The summed E-state index contributed by atoms with van der Waals surface area (Å²) in [6.45, 7) is 1.31. The zero-order valence-corrected chi connectivity index (χ0v) is 17.7. The Kier molecular flexibility index (Phi) is 6.61. The molecule has 1 fully saturated rings. The Hall–Kier alpha value is -2.49. The van der Waals surface area contributed by atoms with Crippen LogP contribution in [0.15, 0.2) is 46.8 Å². The number of anilines is 1. The first kappa shape index (κ1) is 20.8. The van der Waals surface area contributed by atoms with E-state index in [9.17, 15) is 14.0 Å². The van der Waals surface area contributed by atoms with Crippen molar-refractivity contribution in [3.8, 4) is 0 Å². The molecule has 0 bridgehead atoms. The van der Waals surface area contributed by atoms with Gasteiger partial charge in [0.2, 0.25) is 5.91 Å². The SMILES string of the molecule is O=C(CSc1nc2ccc(NC(=O)c3ccccc3F)cc2s1)NC[C@@H]1CCCO1. The Morgan fingerprint density at radius 2 is 2.13 bits per heavy atom. The van der Waals surface area contributed by atoms with Gasteiger partial charge in [-0.25, -0.2) is 9.37 Å². The molecule has 30 heavy (non-hydrogen) atoms. The number of amides is 2. The molecule has 0 spiro atoms. The van der Waals surface area contributed by atoms with Crippen molar-refractivity contribution in [2.45, 2.75) is 23.3 Å². The molecule has 1 saturated heterocycles. The Bertz CT molecular complexity index is 1070. The number of aromatic nitrogens is 1. The van der Waals surface area contributed by atoms with Gasteiger partial charge in [0.15, 0.2) is 4.34 Å². The maximum absolute atomic E-state index is 13.8. The monoisotopic (exact) mass is 445 g/mol. The molecule has 9 heteroatoms. The number of thiazole rings is 1. The van der Waals surface area contributed by atoms with Crippen molar-refractivity contribution in [1.82, 2.24) is 10.3 Å². The Labute approximate surface area is 181 Å². The van der Waals surface area contributed by atoms with Crippen LogP contribution < -0.4 is 10.6 Å². The van der Waals surface area contributed by atoms with Crippen LogP contribution >= 0.6 is 23.1 Å². The predicted octanol–water partition coefficient (Wildman–Crippen LogP) is 4.08. The molecule has 0 saturated carbocycles. The van der Waals surface area contributed by atoms with Gasteiger partial charge in [0.25, 0.3) is 5.91 Å². The van der Waals surface area contributed by atoms with E-state index in [1.54, 1.807) is 24.3 Å². The first-order chi connectivity index (χ1) is 14.6. The van der Waals surface area contributed by atoms with Gasteiger partial charge in [0.1, 0.15) is 5.82 Å². The molecule has 1 aliphatic heterocycles. The van der Waals surface area contributed by atoms with E-state index < -0.39 is 11.7 Å². The average Bonchev–Trinajstić information content (AvgIpc) is 3.40. The van der Waals surface area contributed by atoms with Crippen LogP contribution in [0.4, 0.5) is 10.1 Å². The van der Waals surface area contributed by atoms with Crippen LogP contribution in [-0.4, -0.2) is 41.8 Å². The minimum absolute atomic E-state index is 0.00726. The zero-order chi connectivity index (χ0) is 20.9. The molecule has 2 N–H and O–H groups in total. The number of fused-ring (bicyclic) bond motifs is 1. The maximum Gasteiger partial charge on any atom is 0.258 e. The minimum Gasteiger partial charge on any atom is -0.376 e. The summed E-state index contributed by atoms with van der Waals surface area (Å²) < 4.78 is 20.9. The molecule has 6 nitrogen and oxygen atoms in total. The fourth-order valence-electron chi connectivity index (χ4n) is 3.10. The second-order valence-corrected chi connectivity index (χ2v) is 9.08. The number of hydrogen-bond donors (Lipinski definition) is 2. The summed E-state index contributed by atoms with van der Waals surface area (Å²) in [5.74, 6) is -0.837. The highest BCUT2D eigenvalue weighted by Crippen LogP contribution is 2.31. The van der Waals surface area contributed by atoms with Crippen molar-refractivity contribution in [1.29, 1.82) is 0 Å². The molecule has 1 atom stereocenters. The van der Waals surface area contributed by atoms with Gasteiger partial charge in [0.05, 0.1) is 27.6 Å². The van der Waals surface area contributed by atoms with Crippen molar-refractivity contribution in [3.05, 3.63) is 53.8 Å². The van der Waals surface area contributed by atoms with E-state index in [-0.39, 0.29) is 23.3 Å². The predicted molar refractivity (Wildman–Crippen MR) is 117 cm³/mol. The fraction of sp³-hybridized carbons (Fsp3) is 0.286. The van der Waals surface area contributed by atoms with Gasteiger partial charge >= 0.3 is 0 Å². The molecule has 0 radical (unpaired) electrons. The molecular formula is C21H20FN3O3S2.